The molecule has 2 rings (SSSR count). The third-order valence-electron chi connectivity index (χ3n) is 4.38. The molecule has 0 radical (unpaired) electrons. The number of hydrogen-bond acceptors (Lipinski definition) is 4. The monoisotopic (exact) mass is 302 g/mol. The summed E-state index contributed by atoms with van der Waals surface area (Å²) in [6.45, 7) is 12.6. The van der Waals surface area contributed by atoms with Gasteiger partial charge in [-0.2, -0.15) is 0 Å². The van der Waals surface area contributed by atoms with Crippen LogP contribution in [0.5, 0.6) is 0 Å². The van der Waals surface area contributed by atoms with Crippen LogP contribution in [0.2, 0.25) is 0 Å². The molecular formula is C15H30N2O2S. The highest BCUT2D eigenvalue weighted by Gasteiger charge is 2.35. The van der Waals surface area contributed by atoms with Crippen molar-refractivity contribution in [2.45, 2.75) is 39.2 Å². The Hall–Kier alpha value is 0.0300. The van der Waals surface area contributed by atoms with E-state index in [1.807, 2.05) is 0 Å². The summed E-state index contributed by atoms with van der Waals surface area (Å²) in [6, 6.07) is 0. The zero-order valence-electron chi connectivity index (χ0n) is 13.2. The van der Waals surface area contributed by atoms with E-state index < -0.39 is 10.8 Å². The predicted molar refractivity (Wildman–Crippen MR) is 84.6 cm³/mol. The zero-order chi connectivity index (χ0) is 14.6. The molecule has 0 aromatic carbocycles. The fourth-order valence-corrected chi connectivity index (χ4v) is 4.08. The molecule has 0 spiro atoms. The predicted octanol–water partition coefficient (Wildman–Crippen LogP) is 1.24. The van der Waals surface area contributed by atoms with Crippen LogP contribution in [0.3, 0.4) is 0 Å². The molecule has 2 fully saturated rings. The molecule has 2 heterocycles. The smallest absolute Gasteiger partial charge is 0.0472 e. The minimum atomic E-state index is -0.581. The third-order valence-corrected chi connectivity index (χ3v) is 5.65. The first kappa shape index (κ1) is 16.4. The van der Waals surface area contributed by atoms with Crippen LogP contribution in [0.1, 0.15) is 33.6 Å². The van der Waals surface area contributed by atoms with E-state index in [1.165, 1.54) is 0 Å². The maximum atomic E-state index is 11.5. The number of nitrogens with one attached hydrogen (secondary N) is 1. The van der Waals surface area contributed by atoms with Crippen LogP contribution >= 0.6 is 0 Å². The fourth-order valence-electron chi connectivity index (χ4n) is 2.96. The minimum Gasteiger partial charge on any atom is -0.381 e. The molecule has 118 valence electrons. The van der Waals surface area contributed by atoms with Gasteiger partial charge in [-0.05, 0) is 39.0 Å². The van der Waals surface area contributed by atoms with E-state index in [1.54, 1.807) is 0 Å². The van der Waals surface area contributed by atoms with Crippen LogP contribution in [0, 0.1) is 5.41 Å². The lowest BCUT2D eigenvalue weighted by molar-refractivity contribution is -0.00576. The van der Waals surface area contributed by atoms with Gasteiger partial charge in [0.05, 0.1) is 0 Å². The van der Waals surface area contributed by atoms with Crippen molar-refractivity contribution < 1.29 is 8.95 Å². The molecule has 0 aliphatic carbocycles. The Morgan fingerprint density at radius 2 is 1.80 bits per heavy atom. The van der Waals surface area contributed by atoms with E-state index in [0.717, 1.165) is 63.7 Å². The SMILES string of the molecule is CC(C)(C)NCC1(CN2CCS(=O)CC2)CCOCC1. The van der Waals surface area contributed by atoms with Gasteiger partial charge in [0, 0.05) is 67.2 Å². The Morgan fingerprint density at radius 1 is 1.20 bits per heavy atom. The summed E-state index contributed by atoms with van der Waals surface area (Å²) in [4.78, 5) is 2.51. The third kappa shape index (κ3) is 5.10. The first-order valence-electron chi connectivity index (χ1n) is 7.79. The Balaban J connectivity index is 1.93. The second-order valence-electron chi connectivity index (χ2n) is 7.34. The summed E-state index contributed by atoms with van der Waals surface area (Å²) in [5.41, 5.74) is 0.485. The van der Waals surface area contributed by atoms with E-state index >= 15 is 0 Å². The van der Waals surface area contributed by atoms with Crippen LogP contribution < -0.4 is 5.32 Å². The molecule has 2 aliphatic rings. The molecule has 0 atom stereocenters. The van der Waals surface area contributed by atoms with Gasteiger partial charge < -0.3 is 15.0 Å². The summed E-state index contributed by atoms with van der Waals surface area (Å²) in [6.07, 6.45) is 2.27. The Bertz CT molecular complexity index is 325. The zero-order valence-corrected chi connectivity index (χ0v) is 14.1. The van der Waals surface area contributed by atoms with Gasteiger partial charge in [-0.1, -0.05) is 0 Å². The lowest BCUT2D eigenvalue weighted by Gasteiger charge is -2.43. The molecule has 5 heteroatoms. The maximum Gasteiger partial charge on any atom is 0.0472 e. The van der Waals surface area contributed by atoms with Crippen molar-refractivity contribution in [1.29, 1.82) is 0 Å². The number of rotatable bonds is 4. The highest BCUT2D eigenvalue weighted by molar-refractivity contribution is 7.85. The highest BCUT2D eigenvalue weighted by Crippen LogP contribution is 2.32. The molecule has 0 aromatic rings. The van der Waals surface area contributed by atoms with Gasteiger partial charge >= 0.3 is 0 Å². The van der Waals surface area contributed by atoms with Gasteiger partial charge in [0.2, 0.25) is 0 Å². The number of hydrogen-bond donors (Lipinski definition) is 1. The summed E-state index contributed by atoms with van der Waals surface area (Å²) < 4.78 is 17.1. The van der Waals surface area contributed by atoms with Gasteiger partial charge in [0.25, 0.3) is 0 Å². The second-order valence-corrected chi connectivity index (χ2v) is 9.04. The van der Waals surface area contributed by atoms with Gasteiger partial charge in [0.15, 0.2) is 0 Å². The van der Waals surface area contributed by atoms with Crippen molar-refractivity contribution in [3.05, 3.63) is 0 Å². The molecule has 2 aliphatic heterocycles. The topological polar surface area (TPSA) is 41.6 Å². The Labute approximate surface area is 126 Å². The molecule has 0 saturated carbocycles. The summed E-state index contributed by atoms with van der Waals surface area (Å²) >= 11 is 0. The van der Waals surface area contributed by atoms with Crippen molar-refractivity contribution in [2.24, 2.45) is 5.41 Å². The molecule has 2 saturated heterocycles. The lowest BCUT2D eigenvalue weighted by atomic mass is 9.79. The van der Waals surface area contributed by atoms with Crippen molar-refractivity contribution in [2.75, 3.05) is 50.9 Å². The van der Waals surface area contributed by atoms with Gasteiger partial charge in [-0.25, -0.2) is 0 Å². The van der Waals surface area contributed by atoms with Gasteiger partial charge in [-0.3, -0.25) is 4.21 Å². The number of nitrogens with zero attached hydrogens (tertiary/aromatic N) is 1. The van der Waals surface area contributed by atoms with Crippen LogP contribution in [-0.2, 0) is 15.5 Å². The molecule has 0 aromatic heterocycles. The van der Waals surface area contributed by atoms with E-state index in [9.17, 15) is 4.21 Å². The normalized spacial score (nSPS) is 25.8. The maximum absolute atomic E-state index is 11.5. The molecule has 4 nitrogen and oxygen atoms in total. The van der Waals surface area contributed by atoms with Crippen LogP contribution in [0.15, 0.2) is 0 Å². The van der Waals surface area contributed by atoms with E-state index in [4.69, 9.17) is 4.74 Å². The molecule has 0 amide bonds. The van der Waals surface area contributed by atoms with E-state index in [0.29, 0.717) is 5.41 Å². The van der Waals surface area contributed by atoms with Crippen LogP contribution in [0.25, 0.3) is 0 Å². The minimum absolute atomic E-state index is 0.161. The van der Waals surface area contributed by atoms with E-state index in [-0.39, 0.29) is 5.54 Å². The first-order chi connectivity index (χ1) is 9.39. The van der Waals surface area contributed by atoms with Crippen LogP contribution in [-0.4, -0.2) is 65.5 Å². The summed E-state index contributed by atoms with van der Waals surface area (Å²) in [5.74, 6) is 1.69. The Morgan fingerprint density at radius 3 is 2.35 bits per heavy atom. The quantitative estimate of drug-likeness (QED) is 0.848. The average molecular weight is 302 g/mol. The second kappa shape index (κ2) is 6.86. The van der Waals surface area contributed by atoms with E-state index in [2.05, 4.69) is 31.0 Å². The van der Waals surface area contributed by atoms with Crippen LogP contribution in [0.4, 0.5) is 0 Å². The van der Waals surface area contributed by atoms with Crippen molar-refractivity contribution in [1.82, 2.24) is 10.2 Å². The lowest BCUT2D eigenvalue weighted by Crippen LogP contribution is -2.53. The van der Waals surface area contributed by atoms with Crippen molar-refractivity contribution in [3.8, 4) is 0 Å². The number of ether oxygens (including phenoxy) is 1. The van der Waals surface area contributed by atoms with Gasteiger partial charge in [0.1, 0.15) is 0 Å². The largest absolute Gasteiger partial charge is 0.381 e. The first-order valence-corrected chi connectivity index (χ1v) is 9.28. The van der Waals surface area contributed by atoms with Crippen molar-refractivity contribution in [3.63, 3.8) is 0 Å². The molecule has 0 bridgehead atoms. The average Bonchev–Trinajstić information content (AvgIpc) is 2.40. The summed E-state index contributed by atoms with van der Waals surface area (Å²) in [5, 5.41) is 3.69. The fraction of sp³-hybridized carbons (Fsp3) is 1.00. The molecule has 1 N–H and O–H groups in total. The Kier molecular flexibility index (Phi) is 5.63. The van der Waals surface area contributed by atoms with Gasteiger partial charge in [-0.15, -0.1) is 0 Å². The molecule has 20 heavy (non-hydrogen) atoms. The molecule has 0 unspecified atom stereocenters. The molecular weight excluding hydrogens is 272 g/mol. The standard InChI is InChI=1S/C15H30N2O2S/c1-14(2,3)16-12-15(4-8-19-9-5-15)13-17-6-10-20(18)11-7-17/h16H,4-13H2,1-3H3. The summed E-state index contributed by atoms with van der Waals surface area (Å²) in [7, 11) is -0.581. The highest BCUT2D eigenvalue weighted by atomic mass is 32.2. The van der Waals surface area contributed by atoms with Crippen molar-refractivity contribution >= 4 is 10.8 Å².